The summed E-state index contributed by atoms with van der Waals surface area (Å²) in [6.45, 7) is 0. The summed E-state index contributed by atoms with van der Waals surface area (Å²) >= 11 is 0. The molecule has 18 heavy (non-hydrogen) atoms. The van der Waals surface area contributed by atoms with Gasteiger partial charge in [0.25, 0.3) is 11.5 Å². The second-order valence-corrected chi connectivity index (χ2v) is 3.73. The third-order valence-corrected chi connectivity index (χ3v) is 2.39. The molecule has 0 spiro atoms. The smallest absolute Gasteiger partial charge is 0.303 e. The summed E-state index contributed by atoms with van der Waals surface area (Å²) in [6.07, 6.45) is 0.316. The molecule has 0 fully saturated rings. The Balaban J connectivity index is 2.33. The first-order valence-electron chi connectivity index (χ1n) is 5.17. The number of nitrogens with one attached hydrogen (secondary N) is 1. The molecule has 0 saturated heterocycles. The topological polar surface area (TPSA) is 87.5 Å². The molecule has 0 aromatic carbocycles. The van der Waals surface area contributed by atoms with Crippen LogP contribution in [0.5, 0.6) is 0 Å². The number of aromatic nitrogens is 3. The molecule has 8 heteroatoms. The first-order chi connectivity index (χ1) is 8.49. The van der Waals surface area contributed by atoms with Crippen LogP contribution in [0.4, 0.5) is 8.78 Å². The van der Waals surface area contributed by atoms with E-state index in [1.807, 2.05) is 0 Å². The second-order valence-electron chi connectivity index (χ2n) is 3.73. The lowest BCUT2D eigenvalue weighted by molar-refractivity contribution is -0.137. The highest BCUT2D eigenvalue weighted by molar-refractivity contribution is 5.66. The molecular formula is C10H9F2N3O3. The Bertz CT molecular complexity index is 662. The van der Waals surface area contributed by atoms with Crippen molar-refractivity contribution in [2.24, 2.45) is 0 Å². The predicted octanol–water partition coefficient (Wildman–Crippen LogP) is 0.708. The van der Waals surface area contributed by atoms with Crippen molar-refractivity contribution in [1.82, 2.24) is 14.6 Å². The van der Waals surface area contributed by atoms with Gasteiger partial charge in [0.1, 0.15) is 11.3 Å². The fourth-order valence-corrected chi connectivity index (χ4v) is 1.57. The predicted molar refractivity (Wildman–Crippen MR) is 56.3 cm³/mol. The van der Waals surface area contributed by atoms with Crippen LogP contribution in [0.1, 0.15) is 18.7 Å². The van der Waals surface area contributed by atoms with Gasteiger partial charge in [-0.2, -0.15) is 14.0 Å². The molecular weight excluding hydrogens is 248 g/mol. The van der Waals surface area contributed by atoms with Crippen molar-refractivity contribution in [2.75, 3.05) is 0 Å². The van der Waals surface area contributed by atoms with Gasteiger partial charge >= 0.3 is 5.97 Å². The molecule has 0 amide bonds. The lowest BCUT2D eigenvalue weighted by atomic mass is 10.2. The molecule has 96 valence electrons. The van der Waals surface area contributed by atoms with Gasteiger partial charge in [0.05, 0.1) is 0 Å². The number of aryl methyl sites for hydroxylation is 1. The molecule has 2 N–H and O–H groups in total. The van der Waals surface area contributed by atoms with E-state index in [2.05, 4.69) is 10.1 Å². The fourth-order valence-electron chi connectivity index (χ4n) is 1.57. The summed E-state index contributed by atoms with van der Waals surface area (Å²) in [5.74, 6) is -3.26. The molecule has 2 rings (SSSR count). The number of carboxylic acid groups (broad SMARTS) is 1. The summed E-state index contributed by atoms with van der Waals surface area (Å²) in [6, 6.07) is 0.752. The summed E-state index contributed by atoms with van der Waals surface area (Å²) < 4.78 is 26.8. The molecule has 2 aromatic heterocycles. The van der Waals surface area contributed by atoms with E-state index in [4.69, 9.17) is 5.11 Å². The number of fused-ring (bicyclic) bond motifs is 1. The number of aliphatic carboxylic acids is 1. The van der Waals surface area contributed by atoms with E-state index >= 15 is 0 Å². The van der Waals surface area contributed by atoms with Gasteiger partial charge in [-0.15, -0.1) is 0 Å². The van der Waals surface area contributed by atoms with Gasteiger partial charge in [0.2, 0.25) is 0 Å². The van der Waals surface area contributed by atoms with Crippen molar-refractivity contribution in [2.45, 2.75) is 19.3 Å². The van der Waals surface area contributed by atoms with E-state index in [0.29, 0.717) is 4.52 Å². The van der Waals surface area contributed by atoms with Crippen LogP contribution in [0.3, 0.4) is 0 Å². The number of carboxylic acids is 1. The first kappa shape index (κ1) is 12.2. The van der Waals surface area contributed by atoms with Crippen LogP contribution < -0.4 is 5.56 Å². The number of hydrogen-bond acceptors (Lipinski definition) is 3. The standard InChI is InChI=1S/C10H9F2N3O3/c11-5-4-6-10(18)13-7(2-1-3-8(16)17)14-15(6)9(5)12/h4H,1-3H2,(H,16,17)(H,13,14,18). The van der Waals surface area contributed by atoms with E-state index in [0.717, 1.165) is 6.07 Å². The van der Waals surface area contributed by atoms with Crippen molar-refractivity contribution in [3.05, 3.63) is 34.0 Å². The summed E-state index contributed by atoms with van der Waals surface area (Å²) in [5.41, 5.74) is -0.898. The van der Waals surface area contributed by atoms with Crippen molar-refractivity contribution >= 4 is 11.5 Å². The van der Waals surface area contributed by atoms with E-state index < -0.39 is 23.3 Å². The van der Waals surface area contributed by atoms with E-state index in [-0.39, 0.29) is 30.6 Å². The van der Waals surface area contributed by atoms with Gasteiger partial charge in [-0.05, 0) is 6.42 Å². The minimum absolute atomic E-state index is 0.0930. The Kier molecular flexibility index (Phi) is 3.09. The Morgan fingerprint density at radius 1 is 1.50 bits per heavy atom. The van der Waals surface area contributed by atoms with Crippen LogP contribution in [-0.4, -0.2) is 25.7 Å². The van der Waals surface area contributed by atoms with Gasteiger partial charge in [-0.3, -0.25) is 9.59 Å². The lowest BCUT2D eigenvalue weighted by Crippen LogP contribution is -2.16. The zero-order valence-electron chi connectivity index (χ0n) is 9.11. The molecule has 2 heterocycles. The molecule has 0 aliphatic rings. The number of nitrogens with zero attached hydrogens (tertiary/aromatic N) is 2. The zero-order chi connectivity index (χ0) is 13.3. The molecule has 0 radical (unpaired) electrons. The van der Waals surface area contributed by atoms with Crippen molar-refractivity contribution in [3.8, 4) is 0 Å². The highest BCUT2D eigenvalue weighted by Crippen LogP contribution is 2.09. The summed E-state index contributed by atoms with van der Waals surface area (Å²) in [5, 5.41) is 12.2. The second kappa shape index (κ2) is 4.55. The van der Waals surface area contributed by atoms with Crippen LogP contribution in [0.15, 0.2) is 10.9 Å². The summed E-state index contributed by atoms with van der Waals surface area (Å²) in [7, 11) is 0. The number of aromatic amines is 1. The number of carbonyl (C=O) groups is 1. The molecule has 0 aliphatic carbocycles. The van der Waals surface area contributed by atoms with Gasteiger partial charge < -0.3 is 10.1 Å². The number of rotatable bonds is 4. The maximum Gasteiger partial charge on any atom is 0.303 e. The molecule has 0 atom stereocenters. The Morgan fingerprint density at radius 3 is 2.89 bits per heavy atom. The minimum atomic E-state index is -1.24. The number of hydrogen-bond donors (Lipinski definition) is 2. The van der Waals surface area contributed by atoms with Crippen molar-refractivity contribution in [1.29, 1.82) is 0 Å². The molecule has 6 nitrogen and oxygen atoms in total. The van der Waals surface area contributed by atoms with E-state index in [9.17, 15) is 18.4 Å². The first-order valence-corrected chi connectivity index (χ1v) is 5.17. The van der Waals surface area contributed by atoms with Gasteiger partial charge in [0, 0.05) is 18.9 Å². The Labute approximate surface area is 98.9 Å². The third-order valence-electron chi connectivity index (χ3n) is 2.39. The molecule has 2 aromatic rings. The monoisotopic (exact) mass is 257 g/mol. The van der Waals surface area contributed by atoms with Crippen LogP contribution in [-0.2, 0) is 11.2 Å². The number of H-pyrrole nitrogens is 1. The maximum absolute atomic E-state index is 13.2. The summed E-state index contributed by atoms with van der Waals surface area (Å²) in [4.78, 5) is 24.2. The molecule has 0 bridgehead atoms. The van der Waals surface area contributed by atoms with Crippen LogP contribution in [0.25, 0.3) is 5.52 Å². The van der Waals surface area contributed by atoms with E-state index in [1.165, 1.54) is 0 Å². The highest BCUT2D eigenvalue weighted by atomic mass is 19.2. The van der Waals surface area contributed by atoms with Gasteiger partial charge in [0.15, 0.2) is 5.82 Å². The van der Waals surface area contributed by atoms with Crippen LogP contribution in [0.2, 0.25) is 0 Å². The maximum atomic E-state index is 13.2. The van der Waals surface area contributed by atoms with Gasteiger partial charge in [-0.25, -0.2) is 4.39 Å². The Hall–Kier alpha value is -2.25. The lowest BCUT2D eigenvalue weighted by Gasteiger charge is -2.00. The van der Waals surface area contributed by atoms with Crippen LogP contribution >= 0.6 is 0 Å². The number of halogens is 2. The quantitative estimate of drug-likeness (QED) is 0.844. The SMILES string of the molecule is O=C(O)CCCc1nn2c(F)c(F)cc2c(=O)[nH]1. The average molecular weight is 257 g/mol. The molecule has 0 saturated carbocycles. The van der Waals surface area contributed by atoms with Crippen molar-refractivity contribution < 1.29 is 18.7 Å². The average Bonchev–Trinajstić information content (AvgIpc) is 2.57. The van der Waals surface area contributed by atoms with Crippen molar-refractivity contribution in [3.63, 3.8) is 0 Å². The zero-order valence-corrected chi connectivity index (χ0v) is 9.11. The molecule has 0 unspecified atom stereocenters. The fraction of sp³-hybridized carbons (Fsp3) is 0.300. The van der Waals surface area contributed by atoms with Gasteiger partial charge in [-0.1, -0.05) is 0 Å². The largest absolute Gasteiger partial charge is 0.481 e. The van der Waals surface area contributed by atoms with E-state index in [1.54, 1.807) is 0 Å². The normalized spacial score (nSPS) is 11.0. The minimum Gasteiger partial charge on any atom is -0.481 e. The highest BCUT2D eigenvalue weighted by Gasteiger charge is 2.14. The molecule has 0 aliphatic heterocycles. The Morgan fingerprint density at radius 2 is 2.22 bits per heavy atom. The van der Waals surface area contributed by atoms with Crippen LogP contribution in [0, 0.1) is 11.8 Å². The third kappa shape index (κ3) is 2.22.